The number of halogens is 4. The number of amides is 2. The molecule has 6 rings (SSSR count). The number of nitrogens with one attached hydrogen (secondary N) is 2. The Labute approximate surface area is 287 Å². The summed E-state index contributed by atoms with van der Waals surface area (Å²) in [6.45, 7) is 0. The molecule has 0 bridgehead atoms. The van der Waals surface area contributed by atoms with Gasteiger partial charge in [0, 0.05) is 22.8 Å². The predicted octanol–water partition coefficient (Wildman–Crippen LogP) is 4.64. The van der Waals surface area contributed by atoms with Gasteiger partial charge in [-0.2, -0.15) is 0 Å². The number of carbonyl (C=O) groups is 2. The number of carboxylic acid groups (broad SMARTS) is 1. The van der Waals surface area contributed by atoms with Crippen LogP contribution in [-0.2, 0) is 4.79 Å². The number of urea groups is 1. The SMILES string of the molecule is O=C([O-])CC1CCC(c2csc3c(-c4ccc(NC(=O)Nc5cc(-c6ccc(F)c(F)c6F)ccc5F)cc4)ncnc23)CC1.[Na+]. The molecular formula is C33H25F4N4NaO3S. The van der Waals surface area contributed by atoms with Gasteiger partial charge in [0.25, 0.3) is 0 Å². The van der Waals surface area contributed by atoms with Crippen molar-refractivity contribution in [2.45, 2.75) is 38.0 Å². The normalized spacial score (nSPS) is 16.1. The molecule has 0 atom stereocenters. The zero-order valence-corrected chi connectivity index (χ0v) is 27.4. The summed E-state index contributed by atoms with van der Waals surface area (Å²) in [4.78, 5) is 32.7. The Balaban J connectivity index is 0.00000417. The number of hydrogen-bond donors (Lipinski definition) is 2. The quantitative estimate of drug-likeness (QED) is 0.151. The molecule has 1 aliphatic rings. The van der Waals surface area contributed by atoms with Gasteiger partial charge in [0.1, 0.15) is 12.1 Å². The van der Waals surface area contributed by atoms with E-state index in [1.165, 1.54) is 12.4 Å². The zero-order chi connectivity index (χ0) is 31.7. The molecule has 0 unspecified atom stereocenters. The molecule has 2 heterocycles. The summed E-state index contributed by atoms with van der Waals surface area (Å²) >= 11 is 1.55. The van der Waals surface area contributed by atoms with E-state index < -0.39 is 35.3 Å². The van der Waals surface area contributed by atoms with E-state index in [-0.39, 0.29) is 58.7 Å². The van der Waals surface area contributed by atoms with Crippen LogP contribution in [-0.4, -0.2) is 22.0 Å². The van der Waals surface area contributed by atoms with Crippen LogP contribution in [0.25, 0.3) is 32.6 Å². The van der Waals surface area contributed by atoms with E-state index >= 15 is 0 Å². The van der Waals surface area contributed by atoms with E-state index in [0.717, 1.165) is 77.0 Å². The molecular weight excluding hydrogens is 631 g/mol. The first kappa shape index (κ1) is 33.5. The average Bonchev–Trinajstić information content (AvgIpc) is 3.46. The van der Waals surface area contributed by atoms with Crippen molar-refractivity contribution in [3.63, 3.8) is 0 Å². The second-order valence-corrected chi connectivity index (χ2v) is 11.8. The number of fused-ring (bicyclic) bond motifs is 1. The third-order valence-corrected chi connectivity index (χ3v) is 9.09. The molecule has 1 aliphatic carbocycles. The van der Waals surface area contributed by atoms with Gasteiger partial charge < -0.3 is 20.5 Å². The molecule has 230 valence electrons. The number of thiophene rings is 1. The van der Waals surface area contributed by atoms with Crippen LogP contribution >= 0.6 is 11.3 Å². The largest absolute Gasteiger partial charge is 1.00 e. The Morgan fingerprint density at radius 1 is 0.848 bits per heavy atom. The first-order chi connectivity index (χ1) is 21.7. The van der Waals surface area contributed by atoms with E-state index in [1.807, 2.05) is 0 Å². The molecule has 2 amide bonds. The van der Waals surface area contributed by atoms with Crippen molar-refractivity contribution in [2.24, 2.45) is 5.92 Å². The summed E-state index contributed by atoms with van der Waals surface area (Å²) in [7, 11) is 0. The summed E-state index contributed by atoms with van der Waals surface area (Å²) in [6.07, 6.45) is 5.07. The van der Waals surface area contributed by atoms with Gasteiger partial charge in [-0.1, -0.05) is 18.2 Å². The van der Waals surface area contributed by atoms with Crippen molar-refractivity contribution >= 4 is 44.9 Å². The van der Waals surface area contributed by atoms with Gasteiger partial charge in [0.15, 0.2) is 17.5 Å². The number of hydrogen-bond acceptors (Lipinski definition) is 6. The van der Waals surface area contributed by atoms with Gasteiger partial charge in [0.05, 0.1) is 21.6 Å². The number of rotatable bonds is 7. The van der Waals surface area contributed by atoms with Crippen LogP contribution in [0.2, 0.25) is 0 Å². The van der Waals surface area contributed by atoms with Gasteiger partial charge in [-0.25, -0.2) is 32.3 Å². The van der Waals surface area contributed by atoms with Crippen molar-refractivity contribution in [3.05, 3.63) is 95.1 Å². The molecule has 2 N–H and O–H groups in total. The van der Waals surface area contributed by atoms with Crippen LogP contribution in [0.15, 0.2) is 66.3 Å². The van der Waals surface area contributed by atoms with E-state index in [0.29, 0.717) is 11.6 Å². The number of carbonyl (C=O) groups excluding carboxylic acids is 2. The second-order valence-electron chi connectivity index (χ2n) is 11.0. The molecule has 5 aromatic rings. The smallest absolute Gasteiger partial charge is 0.550 e. The standard InChI is InChI=1S/C33H26F4N4O3S.Na/c34-24-11-7-20(22-10-12-25(35)29(37)28(22)36)14-26(24)41-33(44)40-21-8-5-19(6-9-21)30-32-31(39-16-38-30)23(15-45-32)18-3-1-17(2-4-18)13-27(42)43;/h5-12,14-18H,1-4,13H2,(H,42,43)(H2,40,41,44);/q;+1/p-1. The Hall–Kier alpha value is -3.84. The van der Waals surface area contributed by atoms with E-state index in [9.17, 15) is 32.3 Å². The molecule has 46 heavy (non-hydrogen) atoms. The summed E-state index contributed by atoms with van der Waals surface area (Å²) in [5, 5.41) is 18.0. The molecule has 1 fully saturated rings. The van der Waals surface area contributed by atoms with Crippen molar-refractivity contribution in [1.29, 1.82) is 0 Å². The summed E-state index contributed by atoms with van der Waals surface area (Å²) in [6, 6.07) is 11.2. The van der Waals surface area contributed by atoms with Crippen LogP contribution in [0.1, 0.15) is 43.6 Å². The Morgan fingerprint density at radius 3 is 2.26 bits per heavy atom. The first-order valence-electron chi connectivity index (χ1n) is 14.2. The van der Waals surface area contributed by atoms with Crippen LogP contribution < -0.4 is 45.3 Å². The minimum atomic E-state index is -1.65. The van der Waals surface area contributed by atoms with E-state index in [2.05, 4.69) is 26.0 Å². The predicted molar refractivity (Wildman–Crippen MR) is 162 cm³/mol. The first-order valence-corrected chi connectivity index (χ1v) is 15.1. The maximum Gasteiger partial charge on any atom is 1.00 e. The molecule has 1 saturated carbocycles. The molecule has 7 nitrogen and oxygen atoms in total. The molecule has 2 aromatic heterocycles. The fourth-order valence-corrected chi connectivity index (χ4v) is 6.92. The van der Waals surface area contributed by atoms with Crippen molar-refractivity contribution in [3.8, 4) is 22.4 Å². The fourth-order valence-electron chi connectivity index (χ4n) is 5.81. The average molecular weight is 657 g/mol. The minimum absolute atomic E-state index is 0. The third kappa shape index (κ3) is 7.10. The number of nitrogens with zero attached hydrogens (tertiary/aromatic N) is 2. The van der Waals surface area contributed by atoms with Crippen molar-refractivity contribution in [2.75, 3.05) is 10.6 Å². The third-order valence-electron chi connectivity index (χ3n) is 8.10. The molecule has 0 saturated heterocycles. The number of aromatic nitrogens is 2. The maximum absolute atomic E-state index is 14.5. The zero-order valence-electron chi connectivity index (χ0n) is 24.6. The summed E-state index contributed by atoms with van der Waals surface area (Å²) < 4.78 is 56.7. The molecule has 0 aliphatic heterocycles. The van der Waals surface area contributed by atoms with Crippen molar-refractivity contribution < 1.29 is 61.8 Å². The topological polar surface area (TPSA) is 107 Å². The Kier molecular flexibility index (Phi) is 10.4. The Morgan fingerprint density at radius 2 is 1.54 bits per heavy atom. The molecule has 3 aromatic carbocycles. The summed E-state index contributed by atoms with van der Waals surface area (Å²) in [5.41, 5.74) is 3.44. The van der Waals surface area contributed by atoms with Crippen molar-refractivity contribution in [1.82, 2.24) is 9.97 Å². The van der Waals surface area contributed by atoms with Gasteiger partial charge in [-0.05, 0) is 96.8 Å². The van der Waals surface area contributed by atoms with Crippen LogP contribution in [0.3, 0.4) is 0 Å². The molecule has 13 heteroatoms. The van der Waals surface area contributed by atoms with Gasteiger partial charge in [-0.3, -0.25) is 0 Å². The minimum Gasteiger partial charge on any atom is -0.550 e. The molecule has 0 radical (unpaired) electrons. The summed E-state index contributed by atoms with van der Waals surface area (Å²) in [5.74, 6) is -5.78. The molecule has 0 spiro atoms. The second kappa shape index (κ2) is 14.3. The Bertz CT molecular complexity index is 1910. The number of benzene rings is 3. The van der Waals surface area contributed by atoms with Crippen LogP contribution in [0.5, 0.6) is 0 Å². The number of aliphatic carboxylic acids is 1. The van der Waals surface area contributed by atoms with Crippen LogP contribution in [0.4, 0.5) is 33.7 Å². The van der Waals surface area contributed by atoms with E-state index in [4.69, 9.17) is 0 Å². The number of carboxylic acids is 1. The van der Waals surface area contributed by atoms with Gasteiger partial charge >= 0.3 is 35.6 Å². The van der Waals surface area contributed by atoms with Gasteiger partial charge in [-0.15, -0.1) is 11.3 Å². The van der Waals surface area contributed by atoms with Crippen LogP contribution in [0, 0.1) is 29.2 Å². The van der Waals surface area contributed by atoms with E-state index in [1.54, 1.807) is 35.6 Å². The monoisotopic (exact) mass is 656 g/mol. The van der Waals surface area contributed by atoms with Gasteiger partial charge in [0.2, 0.25) is 0 Å². The number of anilines is 2. The maximum atomic E-state index is 14.5. The fraction of sp³-hybridized carbons (Fsp3) is 0.212.